The fourth-order valence-electron chi connectivity index (χ4n) is 3.78. The number of amides is 2. The van der Waals surface area contributed by atoms with Gasteiger partial charge in [-0.3, -0.25) is 14.5 Å². The van der Waals surface area contributed by atoms with E-state index in [0.717, 1.165) is 45.3 Å². The molecule has 2 rings (SSSR count). The van der Waals surface area contributed by atoms with Gasteiger partial charge in [0.25, 0.3) is 0 Å². The Morgan fingerprint density at radius 2 is 1.68 bits per heavy atom. The molecule has 0 N–H and O–H groups in total. The third kappa shape index (κ3) is 3.80. The first kappa shape index (κ1) is 17.3. The molecule has 126 valence electrons. The van der Waals surface area contributed by atoms with Crippen LogP contribution in [-0.2, 0) is 9.59 Å². The second kappa shape index (κ2) is 7.44. The summed E-state index contributed by atoms with van der Waals surface area (Å²) in [6.07, 6.45) is 5.15. The van der Waals surface area contributed by atoms with Crippen molar-refractivity contribution >= 4 is 11.8 Å². The van der Waals surface area contributed by atoms with Gasteiger partial charge in [-0.1, -0.05) is 6.42 Å². The molecule has 0 bridgehead atoms. The van der Waals surface area contributed by atoms with E-state index in [2.05, 4.69) is 18.7 Å². The Morgan fingerprint density at radius 1 is 1.05 bits per heavy atom. The number of hydrogen-bond acceptors (Lipinski definition) is 3. The molecular weight excluding hydrogens is 278 g/mol. The van der Waals surface area contributed by atoms with Crippen molar-refractivity contribution in [3.63, 3.8) is 0 Å². The summed E-state index contributed by atoms with van der Waals surface area (Å²) in [4.78, 5) is 30.6. The Bertz CT molecular complexity index is 403. The fraction of sp³-hybridized carbons (Fsp3) is 0.882. The van der Waals surface area contributed by atoms with Gasteiger partial charge in [0.15, 0.2) is 0 Å². The van der Waals surface area contributed by atoms with Crippen molar-refractivity contribution in [1.82, 2.24) is 14.7 Å². The average Bonchev–Trinajstić information content (AvgIpc) is 2.53. The minimum atomic E-state index is 0.0656. The van der Waals surface area contributed by atoms with E-state index < -0.39 is 0 Å². The highest BCUT2D eigenvalue weighted by molar-refractivity contribution is 5.82. The van der Waals surface area contributed by atoms with Crippen molar-refractivity contribution in [2.45, 2.75) is 71.0 Å². The number of rotatable bonds is 3. The molecule has 5 heteroatoms. The lowest BCUT2D eigenvalue weighted by Gasteiger charge is -2.42. The van der Waals surface area contributed by atoms with Crippen molar-refractivity contribution in [3.8, 4) is 0 Å². The molecule has 0 radical (unpaired) electrons. The highest BCUT2D eigenvalue weighted by atomic mass is 16.2. The summed E-state index contributed by atoms with van der Waals surface area (Å²) in [6, 6.07) is 0.778. The van der Waals surface area contributed by atoms with E-state index in [1.807, 2.05) is 16.8 Å². The van der Waals surface area contributed by atoms with E-state index in [9.17, 15) is 9.59 Å². The van der Waals surface area contributed by atoms with Crippen LogP contribution in [0.25, 0.3) is 0 Å². The second-order valence-corrected chi connectivity index (χ2v) is 7.03. The zero-order chi connectivity index (χ0) is 16.3. The van der Waals surface area contributed by atoms with Gasteiger partial charge in [0.1, 0.15) is 0 Å². The topological polar surface area (TPSA) is 43.9 Å². The Kier molecular flexibility index (Phi) is 5.84. The number of piperidine rings is 2. The average molecular weight is 309 g/mol. The molecule has 2 saturated heterocycles. The van der Waals surface area contributed by atoms with Crippen LogP contribution in [0.3, 0.4) is 0 Å². The molecule has 22 heavy (non-hydrogen) atoms. The van der Waals surface area contributed by atoms with Crippen LogP contribution in [0.4, 0.5) is 0 Å². The van der Waals surface area contributed by atoms with Gasteiger partial charge in [-0.25, -0.2) is 0 Å². The Morgan fingerprint density at radius 3 is 2.23 bits per heavy atom. The monoisotopic (exact) mass is 309 g/mol. The molecular formula is C17H31N3O2. The van der Waals surface area contributed by atoms with Crippen LogP contribution < -0.4 is 0 Å². The summed E-state index contributed by atoms with van der Waals surface area (Å²) < 4.78 is 0. The van der Waals surface area contributed by atoms with Crippen LogP contribution in [0.1, 0.15) is 52.9 Å². The lowest BCUT2D eigenvalue weighted by Crippen LogP contribution is -2.55. The summed E-state index contributed by atoms with van der Waals surface area (Å²) in [5, 5.41) is 0. The summed E-state index contributed by atoms with van der Waals surface area (Å²) in [5.41, 5.74) is 0. The number of nitrogens with zero attached hydrogens (tertiary/aromatic N) is 3. The van der Waals surface area contributed by atoms with Crippen molar-refractivity contribution in [2.24, 2.45) is 0 Å². The predicted octanol–water partition coefficient (Wildman–Crippen LogP) is 1.72. The smallest absolute Gasteiger partial charge is 0.239 e. The molecule has 0 aromatic rings. The first-order chi connectivity index (χ1) is 10.4. The standard InChI is InChI=1S/C17H31N3O2/c1-13(2)20-10-6-5-7-16(20)17(22)19-11-8-15(9-12-19)18(4)14(3)21/h13,15-16H,5-12H2,1-4H3. The van der Waals surface area contributed by atoms with Crippen molar-refractivity contribution in [1.29, 1.82) is 0 Å². The summed E-state index contributed by atoms with van der Waals surface area (Å²) in [6.45, 7) is 8.57. The van der Waals surface area contributed by atoms with Gasteiger partial charge >= 0.3 is 0 Å². The largest absolute Gasteiger partial charge is 0.343 e. The summed E-state index contributed by atoms with van der Waals surface area (Å²) in [5.74, 6) is 0.417. The molecule has 0 aromatic carbocycles. The van der Waals surface area contributed by atoms with Gasteiger partial charge in [0.2, 0.25) is 11.8 Å². The zero-order valence-electron chi connectivity index (χ0n) is 14.5. The summed E-state index contributed by atoms with van der Waals surface area (Å²) >= 11 is 0. The van der Waals surface area contributed by atoms with Crippen LogP contribution in [0.2, 0.25) is 0 Å². The van der Waals surface area contributed by atoms with E-state index in [-0.39, 0.29) is 18.0 Å². The molecule has 5 nitrogen and oxygen atoms in total. The summed E-state index contributed by atoms with van der Waals surface area (Å²) in [7, 11) is 1.87. The van der Waals surface area contributed by atoms with E-state index in [1.165, 1.54) is 6.42 Å². The van der Waals surface area contributed by atoms with Crippen molar-refractivity contribution in [3.05, 3.63) is 0 Å². The molecule has 2 amide bonds. The molecule has 2 aliphatic heterocycles. The van der Waals surface area contributed by atoms with E-state index in [0.29, 0.717) is 11.9 Å². The van der Waals surface area contributed by atoms with E-state index in [4.69, 9.17) is 0 Å². The van der Waals surface area contributed by atoms with Crippen LogP contribution in [0, 0.1) is 0 Å². The molecule has 2 aliphatic rings. The predicted molar refractivity (Wildman–Crippen MR) is 87.5 cm³/mol. The quantitative estimate of drug-likeness (QED) is 0.797. The number of hydrogen-bond donors (Lipinski definition) is 0. The van der Waals surface area contributed by atoms with E-state index in [1.54, 1.807) is 6.92 Å². The van der Waals surface area contributed by atoms with Gasteiger partial charge in [-0.05, 0) is 46.1 Å². The number of carbonyl (C=O) groups excluding carboxylic acids is 2. The highest BCUT2D eigenvalue weighted by Gasteiger charge is 2.35. The molecule has 0 aromatic heterocycles. The van der Waals surface area contributed by atoms with Gasteiger partial charge in [-0.2, -0.15) is 0 Å². The minimum absolute atomic E-state index is 0.0656. The molecule has 0 saturated carbocycles. The third-order valence-corrected chi connectivity index (χ3v) is 5.31. The first-order valence-corrected chi connectivity index (χ1v) is 8.69. The van der Waals surface area contributed by atoms with Gasteiger partial charge in [0.05, 0.1) is 6.04 Å². The maximum absolute atomic E-state index is 12.9. The first-order valence-electron chi connectivity index (χ1n) is 8.69. The normalized spacial score (nSPS) is 24.6. The SMILES string of the molecule is CC(=O)N(C)C1CCN(C(=O)C2CCCCN2C(C)C)CC1. The highest BCUT2D eigenvalue weighted by Crippen LogP contribution is 2.23. The van der Waals surface area contributed by atoms with Crippen molar-refractivity contribution in [2.75, 3.05) is 26.7 Å². The molecule has 1 atom stereocenters. The number of carbonyl (C=O) groups is 2. The van der Waals surface area contributed by atoms with E-state index >= 15 is 0 Å². The Balaban J connectivity index is 1.92. The van der Waals surface area contributed by atoms with Gasteiger partial charge in [0, 0.05) is 39.1 Å². The maximum Gasteiger partial charge on any atom is 0.239 e. The van der Waals surface area contributed by atoms with Crippen molar-refractivity contribution < 1.29 is 9.59 Å². The maximum atomic E-state index is 12.9. The lowest BCUT2D eigenvalue weighted by molar-refractivity contribution is -0.141. The minimum Gasteiger partial charge on any atom is -0.343 e. The molecule has 0 spiro atoms. The zero-order valence-corrected chi connectivity index (χ0v) is 14.5. The Hall–Kier alpha value is -1.10. The fourth-order valence-corrected chi connectivity index (χ4v) is 3.78. The second-order valence-electron chi connectivity index (χ2n) is 7.03. The molecule has 1 unspecified atom stereocenters. The molecule has 2 heterocycles. The lowest BCUT2D eigenvalue weighted by atomic mass is 9.97. The number of likely N-dealkylation sites (tertiary alicyclic amines) is 2. The Labute approximate surface area is 134 Å². The third-order valence-electron chi connectivity index (χ3n) is 5.31. The van der Waals surface area contributed by atoms with Crippen LogP contribution in [0.5, 0.6) is 0 Å². The van der Waals surface area contributed by atoms with Gasteiger partial charge in [-0.15, -0.1) is 0 Å². The van der Waals surface area contributed by atoms with Crippen LogP contribution in [-0.4, -0.2) is 71.3 Å². The van der Waals surface area contributed by atoms with Crippen LogP contribution in [0.15, 0.2) is 0 Å². The van der Waals surface area contributed by atoms with Crippen LogP contribution >= 0.6 is 0 Å². The molecule has 2 fully saturated rings. The molecule has 0 aliphatic carbocycles. The van der Waals surface area contributed by atoms with Gasteiger partial charge < -0.3 is 9.80 Å².